The first-order valence-electron chi connectivity index (χ1n) is 7.90. The first-order chi connectivity index (χ1) is 10.0. The molecule has 1 aromatic rings. The monoisotopic (exact) mass is 297 g/mol. The van der Waals surface area contributed by atoms with Gasteiger partial charge in [0.05, 0.1) is 0 Å². The summed E-state index contributed by atoms with van der Waals surface area (Å²) in [6.07, 6.45) is 0.0358. The number of fused-ring (bicyclic) bond motifs is 3. The van der Waals surface area contributed by atoms with Gasteiger partial charge in [-0.2, -0.15) is 13.2 Å². The second-order valence-electron chi connectivity index (χ2n) is 6.47. The molecule has 0 spiro atoms. The first-order valence-corrected chi connectivity index (χ1v) is 7.90. The Bertz CT molecular complexity index is 450. The van der Waals surface area contributed by atoms with Gasteiger partial charge in [0.1, 0.15) is 0 Å². The Morgan fingerprint density at radius 2 is 1.57 bits per heavy atom. The zero-order valence-corrected chi connectivity index (χ0v) is 12.1. The van der Waals surface area contributed by atoms with Crippen LogP contribution in [0.4, 0.5) is 13.2 Å². The molecule has 3 rings (SSSR count). The van der Waals surface area contributed by atoms with Gasteiger partial charge in [-0.3, -0.25) is 0 Å². The normalized spacial score (nSPS) is 28.2. The topological polar surface area (TPSA) is 12.0 Å². The Morgan fingerprint density at radius 1 is 1.00 bits per heavy atom. The highest BCUT2D eigenvalue weighted by Crippen LogP contribution is 2.40. The van der Waals surface area contributed by atoms with Gasteiger partial charge in [0.2, 0.25) is 0 Å². The van der Waals surface area contributed by atoms with E-state index in [1.807, 2.05) is 0 Å². The second-order valence-corrected chi connectivity index (χ2v) is 6.47. The molecular formula is C17H22F3N. The quantitative estimate of drug-likeness (QED) is 0.825. The van der Waals surface area contributed by atoms with Crippen LogP contribution in [0.3, 0.4) is 0 Å². The van der Waals surface area contributed by atoms with Crippen molar-refractivity contribution in [1.29, 1.82) is 0 Å². The number of halogens is 3. The minimum Gasteiger partial charge on any atom is -0.313 e. The highest BCUT2D eigenvalue weighted by molar-refractivity contribution is 5.30. The summed E-state index contributed by atoms with van der Waals surface area (Å²) in [5.74, 6) is 1.18. The standard InChI is InChI=1S/C17H22F3N/c18-17(19,20)8-3-9-21-16-14-6-7-15(16)11-13-5-2-1-4-12(13)10-14/h1-2,4-5,14-16,21H,3,6-11H2. The van der Waals surface area contributed by atoms with Gasteiger partial charge >= 0.3 is 6.18 Å². The third-order valence-corrected chi connectivity index (χ3v) is 5.02. The van der Waals surface area contributed by atoms with Gasteiger partial charge in [-0.05, 0) is 61.6 Å². The average molecular weight is 297 g/mol. The van der Waals surface area contributed by atoms with Crippen molar-refractivity contribution in [2.45, 2.75) is 50.7 Å². The zero-order valence-electron chi connectivity index (χ0n) is 12.1. The van der Waals surface area contributed by atoms with E-state index in [4.69, 9.17) is 0 Å². The van der Waals surface area contributed by atoms with Crippen LogP contribution in [0, 0.1) is 11.8 Å². The molecule has 0 amide bonds. The fourth-order valence-electron chi connectivity index (χ4n) is 4.04. The van der Waals surface area contributed by atoms with E-state index in [1.165, 1.54) is 24.0 Å². The molecule has 2 unspecified atom stereocenters. The van der Waals surface area contributed by atoms with Gasteiger partial charge in [0, 0.05) is 12.5 Å². The predicted octanol–water partition coefficient (Wildman–Crippen LogP) is 4.11. The molecule has 2 bridgehead atoms. The van der Waals surface area contributed by atoms with E-state index >= 15 is 0 Å². The van der Waals surface area contributed by atoms with E-state index in [9.17, 15) is 13.2 Å². The summed E-state index contributed by atoms with van der Waals surface area (Å²) in [7, 11) is 0. The Balaban J connectivity index is 1.58. The van der Waals surface area contributed by atoms with Crippen molar-refractivity contribution in [2.75, 3.05) is 6.54 Å². The van der Waals surface area contributed by atoms with E-state index in [-0.39, 0.29) is 6.42 Å². The lowest BCUT2D eigenvalue weighted by Crippen LogP contribution is -2.38. The van der Waals surface area contributed by atoms with Crippen LogP contribution in [-0.4, -0.2) is 18.8 Å². The van der Waals surface area contributed by atoms with E-state index in [1.54, 1.807) is 0 Å². The maximum absolute atomic E-state index is 12.2. The molecule has 1 saturated carbocycles. The molecule has 1 aromatic carbocycles. The SMILES string of the molecule is FC(F)(F)CCCNC1C2CCC1Cc1ccccc1C2. The summed E-state index contributed by atoms with van der Waals surface area (Å²) in [5, 5.41) is 3.43. The number of alkyl halides is 3. The summed E-state index contributed by atoms with van der Waals surface area (Å²) < 4.78 is 36.6. The van der Waals surface area contributed by atoms with Crippen LogP contribution in [-0.2, 0) is 12.8 Å². The molecule has 2 aliphatic carbocycles. The third-order valence-electron chi connectivity index (χ3n) is 5.02. The average Bonchev–Trinajstić information content (AvgIpc) is 2.68. The van der Waals surface area contributed by atoms with E-state index in [0.29, 0.717) is 24.4 Å². The lowest BCUT2D eigenvalue weighted by molar-refractivity contribution is -0.135. The van der Waals surface area contributed by atoms with Crippen molar-refractivity contribution in [1.82, 2.24) is 5.32 Å². The minimum absolute atomic E-state index is 0.187. The molecule has 1 N–H and O–H groups in total. The van der Waals surface area contributed by atoms with Gasteiger partial charge in [0.15, 0.2) is 0 Å². The molecule has 0 saturated heterocycles. The Labute approximate surface area is 123 Å². The van der Waals surface area contributed by atoms with Crippen LogP contribution < -0.4 is 5.32 Å². The largest absolute Gasteiger partial charge is 0.389 e. The molecule has 21 heavy (non-hydrogen) atoms. The van der Waals surface area contributed by atoms with Crippen molar-refractivity contribution in [3.8, 4) is 0 Å². The highest BCUT2D eigenvalue weighted by atomic mass is 19.4. The minimum atomic E-state index is -4.03. The van der Waals surface area contributed by atoms with Crippen LogP contribution >= 0.6 is 0 Å². The zero-order chi connectivity index (χ0) is 14.9. The van der Waals surface area contributed by atoms with Crippen molar-refractivity contribution in [3.05, 3.63) is 35.4 Å². The van der Waals surface area contributed by atoms with Crippen LogP contribution in [0.25, 0.3) is 0 Å². The molecule has 0 aliphatic heterocycles. The number of benzene rings is 1. The molecule has 2 atom stereocenters. The van der Waals surface area contributed by atoms with Crippen molar-refractivity contribution in [2.24, 2.45) is 11.8 Å². The highest BCUT2D eigenvalue weighted by Gasteiger charge is 2.38. The molecule has 4 heteroatoms. The van der Waals surface area contributed by atoms with Crippen LogP contribution in [0.15, 0.2) is 24.3 Å². The molecule has 2 aliphatic rings. The Kier molecular flexibility index (Phi) is 4.25. The molecule has 116 valence electrons. The maximum Gasteiger partial charge on any atom is 0.389 e. The smallest absolute Gasteiger partial charge is 0.313 e. The van der Waals surface area contributed by atoms with Crippen LogP contribution in [0.1, 0.15) is 36.8 Å². The maximum atomic E-state index is 12.2. The molecule has 1 fully saturated rings. The number of nitrogens with one attached hydrogen (secondary N) is 1. The fourth-order valence-corrected chi connectivity index (χ4v) is 4.04. The Morgan fingerprint density at radius 3 is 2.10 bits per heavy atom. The third kappa shape index (κ3) is 3.60. The van der Waals surface area contributed by atoms with Crippen LogP contribution in [0.5, 0.6) is 0 Å². The number of hydrogen-bond acceptors (Lipinski definition) is 1. The van der Waals surface area contributed by atoms with Crippen molar-refractivity contribution in [3.63, 3.8) is 0 Å². The summed E-state index contributed by atoms with van der Waals surface area (Å²) in [4.78, 5) is 0. The number of rotatable bonds is 4. The van der Waals surface area contributed by atoms with Crippen molar-refractivity contribution < 1.29 is 13.2 Å². The number of hydrogen-bond donors (Lipinski definition) is 1. The summed E-state index contributed by atoms with van der Waals surface area (Å²) in [6.45, 7) is 0.480. The van der Waals surface area contributed by atoms with Gasteiger partial charge in [-0.15, -0.1) is 0 Å². The van der Waals surface area contributed by atoms with E-state index in [0.717, 1.165) is 12.8 Å². The van der Waals surface area contributed by atoms with Gasteiger partial charge in [-0.25, -0.2) is 0 Å². The van der Waals surface area contributed by atoms with Gasteiger partial charge < -0.3 is 5.32 Å². The molecule has 1 nitrogen and oxygen atoms in total. The summed E-state index contributed by atoms with van der Waals surface area (Å²) in [5.41, 5.74) is 2.87. The van der Waals surface area contributed by atoms with Gasteiger partial charge in [-0.1, -0.05) is 24.3 Å². The lowest BCUT2D eigenvalue weighted by Gasteiger charge is -2.24. The first kappa shape index (κ1) is 14.9. The fraction of sp³-hybridized carbons (Fsp3) is 0.647. The predicted molar refractivity (Wildman–Crippen MR) is 77.1 cm³/mol. The lowest BCUT2D eigenvalue weighted by atomic mass is 9.94. The second kappa shape index (κ2) is 5.99. The van der Waals surface area contributed by atoms with Crippen molar-refractivity contribution >= 4 is 0 Å². The molecular weight excluding hydrogens is 275 g/mol. The summed E-state index contributed by atoms with van der Waals surface area (Å²) in [6, 6.07) is 8.98. The molecule has 0 aromatic heterocycles. The Hall–Kier alpha value is -1.03. The molecule has 0 radical (unpaired) electrons. The van der Waals surface area contributed by atoms with E-state index in [2.05, 4.69) is 29.6 Å². The summed E-state index contributed by atoms with van der Waals surface area (Å²) >= 11 is 0. The van der Waals surface area contributed by atoms with Gasteiger partial charge in [0.25, 0.3) is 0 Å². The van der Waals surface area contributed by atoms with Crippen LogP contribution in [0.2, 0.25) is 0 Å². The van der Waals surface area contributed by atoms with E-state index < -0.39 is 12.6 Å². The molecule has 0 heterocycles.